The molecule has 216 valence electrons. The highest BCUT2D eigenvalue weighted by Gasteiger charge is 2.52. The van der Waals surface area contributed by atoms with Crippen LogP contribution in [0.25, 0.3) is 0 Å². The summed E-state index contributed by atoms with van der Waals surface area (Å²) >= 11 is 0. The van der Waals surface area contributed by atoms with E-state index in [4.69, 9.17) is 14.2 Å². The third-order valence-electron chi connectivity index (χ3n) is 6.18. The van der Waals surface area contributed by atoms with Crippen LogP contribution in [-0.4, -0.2) is 55.2 Å². The van der Waals surface area contributed by atoms with E-state index in [0.29, 0.717) is 19.5 Å². The number of carbonyl (C=O) groups excluding carboxylic acids is 4. The van der Waals surface area contributed by atoms with Crippen LogP contribution in [0.2, 0.25) is 0 Å². The van der Waals surface area contributed by atoms with Crippen molar-refractivity contribution in [1.82, 2.24) is 16.0 Å². The van der Waals surface area contributed by atoms with Crippen LogP contribution in [0.3, 0.4) is 0 Å². The molecule has 10 heteroatoms. The molecule has 2 aromatic rings. The van der Waals surface area contributed by atoms with E-state index in [-0.39, 0.29) is 25.0 Å². The van der Waals surface area contributed by atoms with Gasteiger partial charge in [-0.2, -0.15) is 0 Å². The fourth-order valence-electron chi connectivity index (χ4n) is 3.98. The summed E-state index contributed by atoms with van der Waals surface area (Å²) in [6.45, 7) is 5.16. The molecule has 2 aromatic carbocycles. The van der Waals surface area contributed by atoms with Crippen LogP contribution < -0.4 is 16.0 Å². The second-order valence-electron chi connectivity index (χ2n) is 10.1. The fourth-order valence-corrected chi connectivity index (χ4v) is 3.98. The number of benzene rings is 2. The summed E-state index contributed by atoms with van der Waals surface area (Å²) in [5.41, 5.74) is 1.76. The molecule has 3 amide bonds. The van der Waals surface area contributed by atoms with Gasteiger partial charge >= 0.3 is 12.1 Å². The molecule has 0 radical (unpaired) electrons. The molecule has 10 nitrogen and oxygen atoms in total. The number of ether oxygens (including phenoxy) is 3. The quantitative estimate of drug-likeness (QED) is 0.165. The molecule has 0 aromatic heterocycles. The van der Waals surface area contributed by atoms with Crippen molar-refractivity contribution < 1.29 is 33.4 Å². The first kappa shape index (κ1) is 30.6. The summed E-state index contributed by atoms with van der Waals surface area (Å²) in [5, 5.41) is 8.30. The predicted molar refractivity (Wildman–Crippen MR) is 148 cm³/mol. The Bertz CT molecular complexity index is 1090. The number of epoxide rings is 1. The lowest BCUT2D eigenvalue weighted by Gasteiger charge is -2.20. The third-order valence-corrected chi connectivity index (χ3v) is 6.18. The Morgan fingerprint density at radius 3 is 1.95 bits per heavy atom. The second kappa shape index (κ2) is 16.2. The van der Waals surface area contributed by atoms with Crippen LogP contribution in [0.4, 0.5) is 4.79 Å². The first-order valence-corrected chi connectivity index (χ1v) is 13.7. The summed E-state index contributed by atoms with van der Waals surface area (Å²) in [6, 6.07) is 17.9. The summed E-state index contributed by atoms with van der Waals surface area (Å²) in [6.07, 6.45) is 0.314. The number of hydrogen-bond donors (Lipinski definition) is 3. The number of carbonyl (C=O) groups is 4. The molecule has 0 spiro atoms. The number of amides is 3. The van der Waals surface area contributed by atoms with E-state index in [1.54, 1.807) is 0 Å². The van der Waals surface area contributed by atoms with Gasteiger partial charge < -0.3 is 30.2 Å². The van der Waals surface area contributed by atoms with E-state index in [1.165, 1.54) is 0 Å². The highest BCUT2D eigenvalue weighted by molar-refractivity contribution is 5.95. The largest absolute Gasteiger partial charge is 0.459 e. The Morgan fingerprint density at radius 2 is 1.35 bits per heavy atom. The number of rotatable bonds is 16. The molecule has 1 aliphatic rings. The van der Waals surface area contributed by atoms with Crippen molar-refractivity contribution in [3.8, 4) is 0 Å². The Labute approximate surface area is 235 Å². The molecule has 0 bridgehead atoms. The molecule has 3 N–H and O–H groups in total. The maximum Gasteiger partial charge on any atom is 0.407 e. The zero-order valence-electron chi connectivity index (χ0n) is 23.1. The zero-order valence-corrected chi connectivity index (χ0v) is 23.1. The van der Waals surface area contributed by atoms with Crippen molar-refractivity contribution in [2.24, 2.45) is 5.92 Å². The topological polar surface area (TPSA) is 135 Å². The van der Waals surface area contributed by atoms with Gasteiger partial charge in [-0.15, -0.1) is 0 Å². The monoisotopic (exact) mass is 553 g/mol. The molecule has 40 heavy (non-hydrogen) atoms. The van der Waals surface area contributed by atoms with Gasteiger partial charge in [0.1, 0.15) is 19.3 Å². The molecule has 1 fully saturated rings. The van der Waals surface area contributed by atoms with Gasteiger partial charge in [-0.1, -0.05) is 74.5 Å². The minimum Gasteiger partial charge on any atom is -0.459 e. The molecule has 1 saturated heterocycles. The minimum absolute atomic E-state index is 0.0979. The number of nitrogens with one attached hydrogen (secondary N) is 3. The van der Waals surface area contributed by atoms with Crippen LogP contribution in [-0.2, 0) is 41.8 Å². The molecule has 3 rings (SSSR count). The van der Waals surface area contributed by atoms with Crippen molar-refractivity contribution in [3.63, 3.8) is 0 Å². The minimum atomic E-state index is -0.962. The Balaban J connectivity index is 1.29. The van der Waals surface area contributed by atoms with E-state index in [1.807, 2.05) is 74.5 Å². The van der Waals surface area contributed by atoms with E-state index >= 15 is 0 Å². The van der Waals surface area contributed by atoms with Crippen LogP contribution in [0.15, 0.2) is 60.7 Å². The first-order chi connectivity index (χ1) is 19.3. The van der Waals surface area contributed by atoms with Gasteiger partial charge in [0.2, 0.25) is 5.91 Å². The third kappa shape index (κ3) is 11.1. The average molecular weight is 554 g/mol. The summed E-state index contributed by atoms with van der Waals surface area (Å²) in [4.78, 5) is 49.4. The average Bonchev–Trinajstić information content (AvgIpc) is 3.76. The van der Waals surface area contributed by atoms with Crippen molar-refractivity contribution >= 4 is 23.9 Å². The number of unbranched alkanes of at least 4 members (excludes halogenated alkanes) is 2. The van der Waals surface area contributed by atoms with Gasteiger partial charge in [-0.3, -0.25) is 9.59 Å². The van der Waals surface area contributed by atoms with E-state index < -0.39 is 36.2 Å². The molecular weight excluding hydrogens is 514 g/mol. The lowest BCUT2D eigenvalue weighted by molar-refractivity contribution is -0.146. The maximum absolute atomic E-state index is 12.8. The number of hydrogen-bond acceptors (Lipinski definition) is 7. The van der Waals surface area contributed by atoms with Crippen LogP contribution >= 0.6 is 0 Å². The first-order valence-electron chi connectivity index (χ1n) is 13.7. The standard InChI is InChI=1S/C30H39N3O7/c1-21(2)18-24(33-28(35)25-26(40-25)29(36)38-19-22-12-6-3-7-13-22)27(34)31-16-10-5-11-17-32-30(37)39-20-23-14-8-4-9-15-23/h3-4,6-9,12-15,21,24-26H,5,10-11,16-20H2,1-2H3,(H,31,34)(H,32,37)(H,33,35)/t24-,25-,26-/m0/s1. The predicted octanol–water partition coefficient (Wildman–Crippen LogP) is 3.24. The second-order valence-corrected chi connectivity index (χ2v) is 10.1. The highest BCUT2D eigenvalue weighted by Crippen LogP contribution is 2.24. The molecule has 1 heterocycles. The summed E-state index contributed by atoms with van der Waals surface area (Å²) < 4.78 is 15.7. The van der Waals surface area contributed by atoms with Crippen molar-refractivity contribution in [1.29, 1.82) is 0 Å². The zero-order chi connectivity index (χ0) is 28.7. The number of esters is 1. The van der Waals surface area contributed by atoms with Crippen LogP contribution in [0.1, 0.15) is 50.7 Å². The van der Waals surface area contributed by atoms with Crippen LogP contribution in [0.5, 0.6) is 0 Å². The van der Waals surface area contributed by atoms with Crippen LogP contribution in [0, 0.1) is 5.92 Å². The van der Waals surface area contributed by atoms with Gasteiger partial charge in [-0.25, -0.2) is 9.59 Å². The summed E-state index contributed by atoms with van der Waals surface area (Å²) in [5.74, 6) is -1.23. The van der Waals surface area contributed by atoms with Crippen molar-refractivity contribution in [3.05, 3.63) is 71.8 Å². The van der Waals surface area contributed by atoms with E-state index in [2.05, 4.69) is 16.0 Å². The maximum atomic E-state index is 12.8. The van der Waals surface area contributed by atoms with Gasteiger partial charge in [0.25, 0.3) is 5.91 Å². The Hall–Kier alpha value is -3.92. The van der Waals surface area contributed by atoms with E-state index in [9.17, 15) is 19.2 Å². The van der Waals surface area contributed by atoms with Gasteiger partial charge in [0.15, 0.2) is 12.2 Å². The van der Waals surface area contributed by atoms with E-state index in [0.717, 1.165) is 30.4 Å². The molecular formula is C30H39N3O7. The number of alkyl carbamates (subject to hydrolysis) is 1. The highest BCUT2D eigenvalue weighted by atomic mass is 16.6. The van der Waals surface area contributed by atoms with Gasteiger partial charge in [0, 0.05) is 13.1 Å². The Morgan fingerprint density at radius 1 is 0.775 bits per heavy atom. The SMILES string of the molecule is CC(C)C[C@H](NC(=O)[C@H]1O[C@@H]1C(=O)OCc1ccccc1)C(=O)NCCCCCNC(=O)OCc1ccccc1. The smallest absolute Gasteiger partial charge is 0.407 e. The van der Waals surface area contributed by atoms with Gasteiger partial charge in [0.05, 0.1) is 0 Å². The normalized spacial score (nSPS) is 16.5. The molecule has 1 aliphatic heterocycles. The van der Waals surface area contributed by atoms with Crippen molar-refractivity contribution in [2.75, 3.05) is 13.1 Å². The summed E-state index contributed by atoms with van der Waals surface area (Å²) in [7, 11) is 0. The van der Waals surface area contributed by atoms with Gasteiger partial charge in [-0.05, 0) is 42.7 Å². The lowest BCUT2D eigenvalue weighted by atomic mass is 10.0. The molecule has 0 saturated carbocycles. The molecule has 0 aliphatic carbocycles. The fraction of sp³-hybridized carbons (Fsp3) is 0.467. The lowest BCUT2D eigenvalue weighted by Crippen LogP contribution is -2.49. The molecule has 0 unspecified atom stereocenters. The Kier molecular flexibility index (Phi) is 12.4. The van der Waals surface area contributed by atoms with Crippen molar-refractivity contribution in [2.45, 2.75) is 71.0 Å². The molecule has 3 atom stereocenters.